The van der Waals surface area contributed by atoms with Crippen molar-refractivity contribution in [2.75, 3.05) is 19.1 Å². The van der Waals surface area contributed by atoms with E-state index in [1.54, 1.807) is 40.2 Å². The Labute approximate surface area is 186 Å². The van der Waals surface area contributed by atoms with E-state index in [2.05, 4.69) is 4.99 Å². The first-order chi connectivity index (χ1) is 14.5. The third-order valence-corrected chi connectivity index (χ3v) is 7.11. The van der Waals surface area contributed by atoms with Gasteiger partial charge in [-0.3, -0.25) is 9.59 Å². The van der Waals surface area contributed by atoms with Crippen molar-refractivity contribution < 1.29 is 18.7 Å². The van der Waals surface area contributed by atoms with Crippen molar-refractivity contribution in [3.05, 3.63) is 53.1 Å². The van der Waals surface area contributed by atoms with Crippen molar-refractivity contribution in [1.82, 2.24) is 4.57 Å². The van der Waals surface area contributed by atoms with E-state index in [1.165, 1.54) is 30.6 Å². The van der Waals surface area contributed by atoms with E-state index < -0.39 is 5.97 Å². The Bertz CT molecular complexity index is 1110. The number of amides is 1. The lowest BCUT2D eigenvalue weighted by atomic mass is 10.3. The zero-order valence-electron chi connectivity index (χ0n) is 16.6. The zero-order valence-corrected chi connectivity index (χ0v) is 19.0. The van der Waals surface area contributed by atoms with Gasteiger partial charge in [0.05, 0.1) is 17.3 Å². The van der Waals surface area contributed by atoms with Crippen LogP contribution in [-0.2, 0) is 20.9 Å². The maximum Gasteiger partial charge on any atom is 0.325 e. The van der Waals surface area contributed by atoms with Crippen LogP contribution in [0.3, 0.4) is 0 Å². The van der Waals surface area contributed by atoms with Gasteiger partial charge < -0.3 is 9.30 Å². The second kappa shape index (κ2) is 10.8. The van der Waals surface area contributed by atoms with E-state index in [1.807, 2.05) is 24.5 Å². The largest absolute Gasteiger partial charge is 0.468 e. The van der Waals surface area contributed by atoms with Crippen LogP contribution in [-0.4, -0.2) is 35.6 Å². The molecule has 0 atom stereocenters. The third-order valence-electron chi connectivity index (χ3n) is 4.24. The van der Waals surface area contributed by atoms with Crippen molar-refractivity contribution >= 4 is 57.0 Å². The number of benzene rings is 2. The van der Waals surface area contributed by atoms with Crippen molar-refractivity contribution in [1.29, 1.82) is 0 Å². The smallest absolute Gasteiger partial charge is 0.325 e. The molecule has 0 aliphatic carbocycles. The Morgan fingerprint density at radius 2 is 1.90 bits per heavy atom. The first-order valence-corrected chi connectivity index (χ1v) is 12.2. The number of halogens is 1. The Kier molecular flexibility index (Phi) is 8.12. The van der Waals surface area contributed by atoms with Gasteiger partial charge in [0, 0.05) is 16.2 Å². The molecule has 0 bridgehead atoms. The summed E-state index contributed by atoms with van der Waals surface area (Å²) in [5.74, 6) is -0.154. The van der Waals surface area contributed by atoms with Crippen LogP contribution in [0.2, 0.25) is 0 Å². The average Bonchev–Trinajstić information content (AvgIpc) is 3.08. The highest BCUT2D eigenvalue weighted by molar-refractivity contribution is 7.99. The van der Waals surface area contributed by atoms with Gasteiger partial charge >= 0.3 is 5.97 Å². The molecule has 0 fully saturated rings. The number of thioether (sulfide) groups is 2. The van der Waals surface area contributed by atoms with Crippen LogP contribution in [0, 0.1) is 5.82 Å². The van der Waals surface area contributed by atoms with E-state index >= 15 is 0 Å². The van der Waals surface area contributed by atoms with Crippen LogP contribution in [0.5, 0.6) is 0 Å². The molecule has 0 saturated heterocycles. The van der Waals surface area contributed by atoms with Crippen LogP contribution in [0.15, 0.2) is 57.2 Å². The number of methoxy groups -OCH3 is 1. The Morgan fingerprint density at radius 3 is 2.60 bits per heavy atom. The highest BCUT2D eigenvalue weighted by Gasteiger charge is 2.12. The topological polar surface area (TPSA) is 60.7 Å². The molecule has 0 radical (unpaired) electrons. The van der Waals surface area contributed by atoms with Gasteiger partial charge in [0.25, 0.3) is 0 Å². The number of hydrogen-bond donors (Lipinski definition) is 0. The third kappa shape index (κ3) is 5.96. The molecule has 30 heavy (non-hydrogen) atoms. The van der Waals surface area contributed by atoms with Gasteiger partial charge in [-0.1, -0.05) is 11.3 Å². The van der Waals surface area contributed by atoms with Crippen LogP contribution in [0.25, 0.3) is 10.2 Å². The molecule has 3 rings (SSSR count). The molecule has 0 aliphatic heterocycles. The van der Waals surface area contributed by atoms with Crippen LogP contribution < -0.4 is 4.80 Å². The molecule has 5 nitrogen and oxygen atoms in total. The van der Waals surface area contributed by atoms with Crippen LogP contribution >= 0.6 is 34.9 Å². The Morgan fingerprint density at radius 1 is 1.17 bits per heavy atom. The minimum Gasteiger partial charge on any atom is -0.468 e. The number of carbonyl (C=O) groups is 2. The van der Waals surface area contributed by atoms with Crippen molar-refractivity contribution in [3.8, 4) is 0 Å². The molecule has 0 unspecified atom stereocenters. The molecule has 2 aromatic carbocycles. The molecule has 1 aromatic heterocycles. The summed E-state index contributed by atoms with van der Waals surface area (Å²) in [6, 6.07) is 12.2. The fourth-order valence-corrected chi connectivity index (χ4v) is 5.17. The zero-order chi connectivity index (χ0) is 21.5. The SMILES string of the molecule is COC(=O)Cn1c(=NC(=O)CCCSc2ccc(F)cc2)sc2cc(SC)ccc21. The molecular formula is C21H21FN2O3S3. The molecule has 0 spiro atoms. The van der Waals surface area contributed by atoms with Gasteiger partial charge in [0.2, 0.25) is 5.91 Å². The predicted molar refractivity (Wildman–Crippen MR) is 121 cm³/mol. The Balaban J connectivity index is 1.72. The van der Waals surface area contributed by atoms with Crippen LogP contribution in [0.1, 0.15) is 12.8 Å². The Hall–Kier alpha value is -2.10. The first kappa shape index (κ1) is 22.6. The summed E-state index contributed by atoms with van der Waals surface area (Å²) in [4.78, 5) is 31.1. The molecule has 1 heterocycles. The van der Waals surface area contributed by atoms with Gasteiger partial charge in [0.15, 0.2) is 4.80 Å². The standard InChI is InChI=1S/C21H21FN2O3S3/c1-27-20(26)13-24-17-10-9-16(28-2)12-18(17)30-21(24)23-19(25)4-3-11-29-15-7-5-14(22)6-8-15/h5-10,12H,3-4,11,13H2,1-2H3. The monoisotopic (exact) mass is 464 g/mol. The lowest BCUT2D eigenvalue weighted by Crippen LogP contribution is -2.22. The van der Waals surface area contributed by atoms with Gasteiger partial charge in [0.1, 0.15) is 12.4 Å². The number of thiazole rings is 1. The lowest BCUT2D eigenvalue weighted by Gasteiger charge is -2.04. The van der Waals surface area contributed by atoms with E-state index in [0.29, 0.717) is 17.6 Å². The highest BCUT2D eigenvalue weighted by atomic mass is 32.2. The molecule has 9 heteroatoms. The minimum absolute atomic E-state index is 0.00163. The number of esters is 1. The lowest BCUT2D eigenvalue weighted by molar-refractivity contribution is -0.141. The molecule has 158 valence electrons. The van der Waals surface area contributed by atoms with Gasteiger partial charge in [-0.2, -0.15) is 4.99 Å². The van der Waals surface area contributed by atoms with Crippen molar-refractivity contribution in [2.45, 2.75) is 29.2 Å². The van der Waals surface area contributed by atoms with E-state index in [4.69, 9.17) is 4.74 Å². The summed E-state index contributed by atoms with van der Waals surface area (Å²) < 4.78 is 20.4. The van der Waals surface area contributed by atoms with Crippen LogP contribution in [0.4, 0.5) is 4.39 Å². The number of ether oxygens (including phenoxy) is 1. The molecule has 0 saturated carbocycles. The van der Waals surface area contributed by atoms with Gasteiger partial charge in [-0.05, 0) is 60.9 Å². The van der Waals surface area contributed by atoms with Crippen molar-refractivity contribution in [2.24, 2.45) is 4.99 Å². The quantitative estimate of drug-likeness (QED) is 0.274. The van der Waals surface area contributed by atoms with E-state index in [9.17, 15) is 14.0 Å². The number of rotatable bonds is 8. The summed E-state index contributed by atoms with van der Waals surface area (Å²) in [7, 11) is 1.34. The number of fused-ring (bicyclic) bond motifs is 1. The average molecular weight is 465 g/mol. The molecule has 3 aromatic rings. The fraction of sp³-hybridized carbons (Fsp3) is 0.286. The summed E-state index contributed by atoms with van der Waals surface area (Å²) in [5.41, 5.74) is 0.849. The maximum atomic E-state index is 12.9. The number of carbonyl (C=O) groups excluding carboxylic acids is 2. The predicted octanol–water partition coefficient (Wildman–Crippen LogP) is 4.74. The van der Waals surface area contributed by atoms with Gasteiger partial charge in [-0.25, -0.2) is 4.39 Å². The number of hydrogen-bond acceptors (Lipinski definition) is 6. The van der Waals surface area contributed by atoms with Gasteiger partial charge in [-0.15, -0.1) is 23.5 Å². The second-order valence-corrected chi connectivity index (χ2v) is 9.35. The highest BCUT2D eigenvalue weighted by Crippen LogP contribution is 2.24. The molecular weight excluding hydrogens is 443 g/mol. The molecule has 0 aliphatic rings. The van der Waals surface area contributed by atoms with E-state index in [0.717, 1.165) is 25.8 Å². The first-order valence-electron chi connectivity index (χ1n) is 9.20. The summed E-state index contributed by atoms with van der Waals surface area (Å²) in [5, 5.41) is 0. The summed E-state index contributed by atoms with van der Waals surface area (Å²) in [6.07, 6.45) is 2.95. The normalized spacial score (nSPS) is 11.8. The summed E-state index contributed by atoms with van der Waals surface area (Å²) >= 11 is 4.59. The van der Waals surface area contributed by atoms with E-state index in [-0.39, 0.29) is 18.3 Å². The second-order valence-electron chi connectivity index (χ2n) is 6.29. The number of nitrogens with zero attached hydrogens (tertiary/aromatic N) is 2. The molecule has 0 N–H and O–H groups in total. The maximum absolute atomic E-state index is 12.9. The summed E-state index contributed by atoms with van der Waals surface area (Å²) in [6.45, 7) is 0.00163. The molecule has 1 amide bonds. The number of aromatic nitrogens is 1. The van der Waals surface area contributed by atoms with Crippen molar-refractivity contribution in [3.63, 3.8) is 0 Å². The minimum atomic E-state index is -0.395. The fourth-order valence-electron chi connectivity index (χ4n) is 2.72.